The fraction of sp³-hybridized carbons (Fsp3) is 0.706. The van der Waals surface area contributed by atoms with E-state index in [0.717, 1.165) is 36.6 Å². The highest BCUT2D eigenvalue weighted by Gasteiger charge is 2.26. The summed E-state index contributed by atoms with van der Waals surface area (Å²) in [6.07, 6.45) is 3.16. The molecule has 0 aromatic heterocycles. The molecule has 0 aromatic rings. The van der Waals surface area contributed by atoms with Crippen LogP contribution in [0.3, 0.4) is 0 Å². The Balaban J connectivity index is 3.07. The second-order valence-electron chi connectivity index (χ2n) is 6.09. The van der Waals surface area contributed by atoms with E-state index in [4.69, 9.17) is 9.73 Å². The van der Waals surface area contributed by atoms with Crippen molar-refractivity contribution in [2.45, 2.75) is 40.2 Å². The first-order valence-corrected chi connectivity index (χ1v) is 7.56. The summed E-state index contributed by atoms with van der Waals surface area (Å²) in [4.78, 5) is 7.13. The van der Waals surface area contributed by atoms with Crippen molar-refractivity contribution in [2.24, 2.45) is 16.8 Å². The minimum atomic E-state index is 0.261. The van der Waals surface area contributed by atoms with Crippen LogP contribution < -0.4 is 0 Å². The molecule has 1 rings (SSSR count). The average Bonchev–Trinajstić information content (AvgIpc) is 2.92. The molecule has 1 saturated heterocycles. The van der Waals surface area contributed by atoms with Crippen molar-refractivity contribution >= 4 is 5.71 Å². The molecular formula is C17H30N2O. The standard InChI is InChI=1S/C17H30N2O/c1-8-16(12(2)3)18-17(14(5)19(6)7)13(4)15-9-10-20-11-15/h8,12,14-15H,4,9-11H2,1-3,5-7H3/b16-8-,18-17+/t14-,15-/m0/s1. The molecule has 0 N–H and O–H groups in total. The number of nitrogens with zero attached hydrogens (tertiary/aromatic N) is 2. The number of allylic oxidation sites excluding steroid dienone is 2. The van der Waals surface area contributed by atoms with Gasteiger partial charge in [0, 0.05) is 24.3 Å². The van der Waals surface area contributed by atoms with Crippen molar-refractivity contribution in [1.29, 1.82) is 0 Å². The van der Waals surface area contributed by atoms with Gasteiger partial charge < -0.3 is 9.64 Å². The molecule has 0 amide bonds. The zero-order chi connectivity index (χ0) is 15.3. The molecule has 3 heteroatoms. The van der Waals surface area contributed by atoms with Gasteiger partial charge in [0.1, 0.15) is 0 Å². The SMILES string of the molecule is C=C(/C(=N\C(=C/C)C(C)C)[C@H](C)N(C)C)[C@H]1CCOC1. The molecule has 0 unspecified atom stereocenters. The van der Waals surface area contributed by atoms with Crippen molar-refractivity contribution < 1.29 is 4.74 Å². The molecule has 1 aliphatic rings. The quantitative estimate of drug-likeness (QED) is 0.694. The Morgan fingerprint density at radius 1 is 1.35 bits per heavy atom. The third-order valence-corrected chi connectivity index (χ3v) is 4.06. The van der Waals surface area contributed by atoms with Gasteiger partial charge in [0.05, 0.1) is 12.3 Å². The van der Waals surface area contributed by atoms with E-state index in [0.29, 0.717) is 11.8 Å². The molecule has 1 heterocycles. The molecule has 3 nitrogen and oxygen atoms in total. The van der Waals surface area contributed by atoms with Gasteiger partial charge >= 0.3 is 0 Å². The van der Waals surface area contributed by atoms with Gasteiger partial charge in [-0.1, -0.05) is 26.5 Å². The average molecular weight is 278 g/mol. The lowest BCUT2D eigenvalue weighted by Crippen LogP contribution is -2.35. The highest BCUT2D eigenvalue weighted by Crippen LogP contribution is 2.25. The first-order chi connectivity index (χ1) is 9.38. The van der Waals surface area contributed by atoms with Gasteiger partial charge in [-0.25, -0.2) is 0 Å². The summed E-state index contributed by atoms with van der Waals surface area (Å²) in [6, 6.07) is 0.261. The summed E-state index contributed by atoms with van der Waals surface area (Å²) >= 11 is 0. The van der Waals surface area contributed by atoms with Gasteiger partial charge in [-0.15, -0.1) is 0 Å². The van der Waals surface area contributed by atoms with Crippen LogP contribution >= 0.6 is 0 Å². The summed E-state index contributed by atoms with van der Waals surface area (Å²) in [6.45, 7) is 14.5. The van der Waals surface area contributed by atoms with Gasteiger partial charge in [0.25, 0.3) is 0 Å². The zero-order valence-electron chi connectivity index (χ0n) is 13.9. The molecule has 0 radical (unpaired) electrons. The van der Waals surface area contributed by atoms with Crippen LogP contribution in [0.5, 0.6) is 0 Å². The number of ether oxygens (including phenoxy) is 1. The summed E-state index contributed by atoms with van der Waals surface area (Å²) in [5.74, 6) is 0.846. The smallest absolute Gasteiger partial charge is 0.0605 e. The summed E-state index contributed by atoms with van der Waals surface area (Å²) in [5, 5.41) is 0. The van der Waals surface area contributed by atoms with Crippen LogP contribution in [0.1, 0.15) is 34.1 Å². The summed E-state index contributed by atoms with van der Waals surface area (Å²) in [7, 11) is 4.17. The van der Waals surface area contributed by atoms with Crippen LogP contribution in [0.4, 0.5) is 0 Å². The Morgan fingerprint density at radius 2 is 2.00 bits per heavy atom. The lowest BCUT2D eigenvalue weighted by atomic mass is 9.91. The Bertz CT molecular complexity index is 388. The number of hydrogen-bond acceptors (Lipinski definition) is 3. The first kappa shape index (κ1) is 17.1. The molecule has 2 atom stereocenters. The molecule has 1 fully saturated rings. The van der Waals surface area contributed by atoms with Crippen molar-refractivity contribution in [3.63, 3.8) is 0 Å². The highest BCUT2D eigenvalue weighted by molar-refractivity contribution is 6.04. The third-order valence-electron chi connectivity index (χ3n) is 4.06. The first-order valence-electron chi connectivity index (χ1n) is 7.56. The van der Waals surface area contributed by atoms with Crippen LogP contribution in [0.25, 0.3) is 0 Å². The topological polar surface area (TPSA) is 24.8 Å². The van der Waals surface area contributed by atoms with E-state index in [1.165, 1.54) is 0 Å². The molecule has 114 valence electrons. The van der Waals surface area contributed by atoms with Crippen LogP contribution in [0.2, 0.25) is 0 Å². The van der Waals surface area contributed by atoms with Crippen molar-refractivity contribution in [2.75, 3.05) is 27.3 Å². The van der Waals surface area contributed by atoms with Crippen molar-refractivity contribution in [1.82, 2.24) is 4.90 Å². The van der Waals surface area contributed by atoms with Gasteiger partial charge in [0.2, 0.25) is 0 Å². The van der Waals surface area contributed by atoms with Crippen LogP contribution in [-0.2, 0) is 4.74 Å². The Hall–Kier alpha value is -0.930. The van der Waals surface area contributed by atoms with Gasteiger partial charge in [-0.05, 0) is 45.9 Å². The summed E-state index contributed by atoms with van der Waals surface area (Å²) in [5.41, 5.74) is 3.38. The molecule has 1 aliphatic heterocycles. The Labute approximate surface area is 124 Å². The highest BCUT2D eigenvalue weighted by atomic mass is 16.5. The molecule has 20 heavy (non-hydrogen) atoms. The number of aliphatic imine (C=N–C) groups is 1. The zero-order valence-corrected chi connectivity index (χ0v) is 13.9. The van der Waals surface area contributed by atoms with E-state index >= 15 is 0 Å². The van der Waals surface area contributed by atoms with E-state index < -0.39 is 0 Å². The Kier molecular flexibility index (Phi) is 6.63. The maximum atomic E-state index is 5.50. The van der Waals surface area contributed by atoms with E-state index in [1.54, 1.807) is 0 Å². The van der Waals surface area contributed by atoms with E-state index in [1.807, 2.05) is 0 Å². The Morgan fingerprint density at radius 3 is 2.40 bits per heavy atom. The molecular weight excluding hydrogens is 248 g/mol. The molecule has 0 bridgehead atoms. The van der Waals surface area contributed by atoms with Crippen LogP contribution in [0.15, 0.2) is 28.9 Å². The predicted octanol–water partition coefficient (Wildman–Crippen LogP) is 3.53. The fourth-order valence-corrected chi connectivity index (χ4v) is 2.36. The minimum absolute atomic E-state index is 0.261. The number of rotatable bonds is 6. The maximum Gasteiger partial charge on any atom is 0.0605 e. The van der Waals surface area contributed by atoms with Crippen LogP contribution in [-0.4, -0.2) is 44.0 Å². The van der Waals surface area contributed by atoms with E-state index in [-0.39, 0.29) is 6.04 Å². The second-order valence-corrected chi connectivity index (χ2v) is 6.09. The van der Waals surface area contributed by atoms with Crippen molar-refractivity contribution in [3.05, 3.63) is 23.9 Å². The molecule has 0 aromatic carbocycles. The minimum Gasteiger partial charge on any atom is -0.381 e. The van der Waals surface area contributed by atoms with Crippen molar-refractivity contribution in [3.8, 4) is 0 Å². The molecule has 0 saturated carbocycles. The molecule has 0 aliphatic carbocycles. The number of hydrogen-bond donors (Lipinski definition) is 0. The van der Waals surface area contributed by atoms with E-state index in [2.05, 4.69) is 59.3 Å². The lowest BCUT2D eigenvalue weighted by molar-refractivity contribution is 0.190. The van der Waals surface area contributed by atoms with Crippen LogP contribution in [0, 0.1) is 11.8 Å². The third kappa shape index (κ3) is 4.29. The monoisotopic (exact) mass is 278 g/mol. The largest absolute Gasteiger partial charge is 0.381 e. The second kappa shape index (κ2) is 7.75. The van der Waals surface area contributed by atoms with Gasteiger partial charge in [0.15, 0.2) is 0 Å². The van der Waals surface area contributed by atoms with Gasteiger partial charge in [-0.3, -0.25) is 4.99 Å². The summed E-state index contributed by atoms with van der Waals surface area (Å²) < 4.78 is 5.50. The molecule has 0 spiro atoms. The van der Waals surface area contributed by atoms with E-state index in [9.17, 15) is 0 Å². The maximum absolute atomic E-state index is 5.50. The fourth-order valence-electron chi connectivity index (χ4n) is 2.36. The lowest BCUT2D eigenvalue weighted by Gasteiger charge is -2.26. The normalized spacial score (nSPS) is 22.7. The van der Waals surface area contributed by atoms with Gasteiger partial charge in [-0.2, -0.15) is 0 Å². The predicted molar refractivity (Wildman–Crippen MR) is 87.2 cm³/mol.